The second-order valence-electron chi connectivity index (χ2n) is 7.26. The van der Waals surface area contributed by atoms with Crippen LogP contribution in [0.5, 0.6) is 0 Å². The van der Waals surface area contributed by atoms with E-state index < -0.39 is 24.1 Å². The maximum Gasteiger partial charge on any atom is 0.408 e. The van der Waals surface area contributed by atoms with E-state index in [4.69, 9.17) is 20.3 Å². The van der Waals surface area contributed by atoms with Crippen molar-refractivity contribution in [3.8, 4) is 0 Å². The summed E-state index contributed by atoms with van der Waals surface area (Å²) in [6, 6.07) is 7.61. The molecular formula is C21H29BrN4O8. The first-order valence-corrected chi connectivity index (χ1v) is 10.3. The summed E-state index contributed by atoms with van der Waals surface area (Å²) in [6.45, 7) is 0.415. The number of carbonyl (C=O) groups is 5. The number of aliphatic hydroxyl groups excluding tert-OH is 1. The molecule has 0 bridgehead atoms. The molecule has 12 nitrogen and oxygen atoms in total. The van der Waals surface area contributed by atoms with Crippen LogP contribution in [0.15, 0.2) is 30.3 Å². The highest BCUT2D eigenvalue weighted by atomic mass is 79.9. The van der Waals surface area contributed by atoms with Gasteiger partial charge >= 0.3 is 6.09 Å². The van der Waals surface area contributed by atoms with Crippen molar-refractivity contribution in [3.63, 3.8) is 0 Å². The summed E-state index contributed by atoms with van der Waals surface area (Å²) >= 11 is 0. The normalized spacial score (nSPS) is 19.5. The molecule has 13 heteroatoms. The van der Waals surface area contributed by atoms with E-state index in [1.807, 2.05) is 30.3 Å². The number of amides is 5. The average molecular weight is 545 g/mol. The van der Waals surface area contributed by atoms with Gasteiger partial charge < -0.3 is 25.6 Å². The number of carbonyl (C=O) groups excluding carboxylic acids is 5. The Bertz CT molecular complexity index is 870. The van der Waals surface area contributed by atoms with Crippen molar-refractivity contribution in [2.45, 2.75) is 31.5 Å². The molecule has 0 unspecified atom stereocenters. The molecule has 34 heavy (non-hydrogen) atoms. The van der Waals surface area contributed by atoms with Gasteiger partial charge in [0.1, 0.15) is 12.6 Å². The Hall–Kier alpha value is -2.87. The Labute approximate surface area is 207 Å². The largest absolute Gasteiger partial charge is 0.445 e. The number of alkyl carbamates (subject to hydrolysis) is 1. The maximum atomic E-state index is 12.0. The predicted molar refractivity (Wildman–Crippen MR) is 123 cm³/mol. The number of benzene rings is 1. The van der Waals surface area contributed by atoms with Crippen molar-refractivity contribution < 1.29 is 38.6 Å². The van der Waals surface area contributed by atoms with Crippen molar-refractivity contribution in [3.05, 3.63) is 35.9 Å². The third-order valence-corrected chi connectivity index (χ3v) is 4.87. The molecule has 188 valence electrons. The van der Waals surface area contributed by atoms with Crippen molar-refractivity contribution in [2.75, 3.05) is 33.4 Å². The van der Waals surface area contributed by atoms with E-state index in [2.05, 4.69) is 5.32 Å². The van der Waals surface area contributed by atoms with Gasteiger partial charge in [-0.3, -0.25) is 29.0 Å². The first-order chi connectivity index (χ1) is 15.8. The van der Waals surface area contributed by atoms with Crippen LogP contribution in [0.3, 0.4) is 0 Å². The molecular weight excluding hydrogens is 516 g/mol. The fraction of sp³-hybridized carbons (Fsp3) is 0.476. The molecule has 0 aromatic heterocycles. The van der Waals surface area contributed by atoms with E-state index in [1.165, 1.54) is 7.11 Å². The highest BCUT2D eigenvalue weighted by Gasteiger charge is 2.39. The van der Waals surface area contributed by atoms with Gasteiger partial charge in [-0.25, -0.2) is 4.79 Å². The topological polar surface area (TPSA) is 169 Å². The summed E-state index contributed by atoms with van der Waals surface area (Å²) in [6.07, 6.45) is -0.703. The number of methoxy groups -OCH3 is 1. The Morgan fingerprint density at radius 2 is 1.68 bits per heavy atom. The first kappa shape index (κ1) is 29.2. The van der Waals surface area contributed by atoms with Crippen LogP contribution < -0.4 is 11.1 Å². The molecule has 2 saturated heterocycles. The van der Waals surface area contributed by atoms with Crippen LogP contribution in [-0.4, -0.2) is 90.1 Å². The number of likely N-dealkylation sites (tertiary alicyclic amines) is 2. The Kier molecular flexibility index (Phi) is 12.4. The molecule has 2 aliphatic heterocycles. The summed E-state index contributed by atoms with van der Waals surface area (Å²) < 4.78 is 9.88. The Morgan fingerprint density at radius 1 is 1.06 bits per heavy atom. The standard InChI is InChI=1S/C15H18N2O5.C6H10N2O3.BrH/c1-21-8-7-17-13(18)9-12(14(17)19)16-15(20)22-10-11-5-3-2-4-6-11;7-4-3-5(10)8(1-2-9)6(4)11;/h2-6,12H,7-10H2,1H3,(H,16,20);4,9H,1-3,7H2;1H/t12-;4-;/m11./s1. The lowest BCUT2D eigenvalue weighted by molar-refractivity contribution is -0.140. The zero-order valence-electron chi connectivity index (χ0n) is 18.7. The van der Waals surface area contributed by atoms with E-state index in [9.17, 15) is 24.0 Å². The number of hydrogen-bond donors (Lipinski definition) is 3. The molecule has 2 aliphatic rings. The van der Waals surface area contributed by atoms with Crippen LogP contribution in [0.2, 0.25) is 0 Å². The van der Waals surface area contributed by atoms with Crippen LogP contribution in [0.1, 0.15) is 18.4 Å². The fourth-order valence-electron chi connectivity index (χ4n) is 3.16. The van der Waals surface area contributed by atoms with Gasteiger partial charge in [-0.2, -0.15) is 0 Å². The zero-order chi connectivity index (χ0) is 24.4. The summed E-state index contributed by atoms with van der Waals surface area (Å²) in [5.74, 6) is -1.44. The lowest BCUT2D eigenvalue weighted by atomic mass is 10.2. The number of β-amino-alcohol motifs (C(OH)–C–C–N with tert-alkyl or cyclic N) is 1. The second kappa shape index (κ2) is 14.4. The maximum absolute atomic E-state index is 12.0. The molecule has 2 fully saturated rings. The number of rotatable bonds is 8. The van der Waals surface area contributed by atoms with Crippen LogP contribution in [0.4, 0.5) is 4.79 Å². The average Bonchev–Trinajstić information content (AvgIpc) is 3.20. The number of aliphatic hydroxyl groups is 1. The Balaban J connectivity index is 0.000000407. The molecule has 0 spiro atoms. The smallest absolute Gasteiger partial charge is 0.408 e. The molecule has 1 aromatic rings. The van der Waals surface area contributed by atoms with Gasteiger partial charge in [0.2, 0.25) is 17.7 Å². The van der Waals surface area contributed by atoms with Gasteiger partial charge in [-0.15, -0.1) is 17.0 Å². The predicted octanol–water partition coefficient (Wildman–Crippen LogP) is -0.670. The van der Waals surface area contributed by atoms with E-state index in [1.54, 1.807) is 0 Å². The SMILES string of the molecule is Br.COCCN1C(=O)C[C@@H](NC(=O)OCc2ccccc2)C1=O.N[C@@H]1CC(=O)N(CCO)C1=O. The summed E-state index contributed by atoms with van der Waals surface area (Å²) in [5.41, 5.74) is 6.14. The molecule has 1 aromatic carbocycles. The molecule has 0 radical (unpaired) electrons. The molecule has 5 amide bonds. The minimum atomic E-state index is -0.868. The van der Waals surface area contributed by atoms with Crippen molar-refractivity contribution >= 4 is 46.7 Å². The molecule has 0 aliphatic carbocycles. The number of nitrogens with one attached hydrogen (secondary N) is 1. The number of imide groups is 2. The van der Waals surface area contributed by atoms with Gasteiger partial charge in [0, 0.05) is 7.11 Å². The number of hydrogen-bond acceptors (Lipinski definition) is 9. The molecule has 0 saturated carbocycles. The minimum absolute atomic E-state index is 0. The Morgan fingerprint density at radius 3 is 2.24 bits per heavy atom. The highest BCUT2D eigenvalue weighted by molar-refractivity contribution is 8.93. The van der Waals surface area contributed by atoms with Gasteiger partial charge in [-0.05, 0) is 5.56 Å². The summed E-state index contributed by atoms with van der Waals surface area (Å²) in [5, 5.41) is 10.9. The van der Waals surface area contributed by atoms with Crippen LogP contribution in [0.25, 0.3) is 0 Å². The minimum Gasteiger partial charge on any atom is -0.445 e. The van der Waals surface area contributed by atoms with Crippen molar-refractivity contribution in [1.29, 1.82) is 0 Å². The fourth-order valence-corrected chi connectivity index (χ4v) is 3.16. The molecule has 2 atom stereocenters. The number of halogens is 1. The number of nitrogens with two attached hydrogens (primary N) is 1. The lowest BCUT2D eigenvalue weighted by Crippen LogP contribution is -2.42. The summed E-state index contributed by atoms with van der Waals surface area (Å²) in [7, 11) is 1.49. The van der Waals surface area contributed by atoms with Crippen LogP contribution >= 0.6 is 17.0 Å². The molecule has 2 heterocycles. The zero-order valence-corrected chi connectivity index (χ0v) is 20.4. The van der Waals surface area contributed by atoms with E-state index >= 15 is 0 Å². The van der Waals surface area contributed by atoms with Gasteiger partial charge in [-0.1, -0.05) is 30.3 Å². The lowest BCUT2D eigenvalue weighted by Gasteiger charge is -2.14. The third-order valence-electron chi connectivity index (χ3n) is 4.87. The van der Waals surface area contributed by atoms with E-state index in [0.29, 0.717) is 0 Å². The quantitative estimate of drug-likeness (QED) is 0.359. The monoisotopic (exact) mass is 544 g/mol. The van der Waals surface area contributed by atoms with Crippen molar-refractivity contribution in [1.82, 2.24) is 15.1 Å². The molecule has 4 N–H and O–H groups in total. The highest BCUT2D eigenvalue weighted by Crippen LogP contribution is 2.13. The number of nitrogens with zero attached hydrogens (tertiary/aromatic N) is 2. The van der Waals surface area contributed by atoms with Crippen LogP contribution in [0, 0.1) is 0 Å². The van der Waals surface area contributed by atoms with Gasteiger partial charge in [0.15, 0.2) is 0 Å². The second-order valence-corrected chi connectivity index (χ2v) is 7.26. The van der Waals surface area contributed by atoms with E-state index in [-0.39, 0.29) is 80.5 Å². The first-order valence-electron chi connectivity index (χ1n) is 10.3. The van der Waals surface area contributed by atoms with Crippen LogP contribution in [-0.2, 0) is 35.3 Å². The third kappa shape index (κ3) is 8.17. The van der Waals surface area contributed by atoms with E-state index in [0.717, 1.165) is 15.4 Å². The molecule has 3 rings (SSSR count). The van der Waals surface area contributed by atoms with Gasteiger partial charge in [0.05, 0.1) is 45.2 Å². The number of ether oxygens (including phenoxy) is 2. The summed E-state index contributed by atoms with van der Waals surface area (Å²) in [4.78, 5) is 59.4. The van der Waals surface area contributed by atoms with Crippen molar-refractivity contribution in [2.24, 2.45) is 5.73 Å². The van der Waals surface area contributed by atoms with Gasteiger partial charge in [0.25, 0.3) is 5.91 Å².